The molecule has 20 heavy (non-hydrogen) atoms. The number of halogens is 2. The Morgan fingerprint density at radius 1 is 1.45 bits per heavy atom. The van der Waals surface area contributed by atoms with Crippen molar-refractivity contribution >= 4 is 23.4 Å². The summed E-state index contributed by atoms with van der Waals surface area (Å²) in [5.74, 6) is -2.94. The second-order valence-electron chi connectivity index (χ2n) is 4.56. The third-order valence-electron chi connectivity index (χ3n) is 2.60. The first-order valence-electron chi connectivity index (χ1n) is 5.84. The second kappa shape index (κ2) is 6.90. The number of esters is 1. The van der Waals surface area contributed by atoms with Crippen LogP contribution in [0.2, 0.25) is 0 Å². The third kappa shape index (κ3) is 4.08. The smallest absolute Gasteiger partial charge is 0.340 e. The Balaban J connectivity index is 2.88. The van der Waals surface area contributed by atoms with Crippen LogP contribution in [0.4, 0.5) is 14.5 Å². The van der Waals surface area contributed by atoms with Crippen molar-refractivity contribution < 1.29 is 23.4 Å². The number of carbonyl (C=O) groups excluding carboxylic acids is 1. The summed E-state index contributed by atoms with van der Waals surface area (Å²) < 4.78 is 31.8. The molecule has 0 amide bonds. The molecule has 1 aromatic carbocycles. The largest absolute Gasteiger partial charge is 0.465 e. The molecule has 0 fully saturated rings. The molecule has 0 aliphatic carbocycles. The molecule has 0 radical (unpaired) electrons. The molecule has 1 aromatic rings. The number of hydrogen-bond donors (Lipinski definition) is 2. The summed E-state index contributed by atoms with van der Waals surface area (Å²) in [5.41, 5.74) is -1.63. The second-order valence-corrected chi connectivity index (χ2v) is 5.43. The van der Waals surface area contributed by atoms with E-state index < -0.39 is 28.8 Å². The molecule has 112 valence electrons. The average molecular weight is 305 g/mol. The van der Waals surface area contributed by atoms with Gasteiger partial charge in [-0.05, 0) is 25.3 Å². The normalized spacial score (nSPS) is 13.7. The summed E-state index contributed by atoms with van der Waals surface area (Å²) in [5, 5.41) is 12.6. The number of hydrogen-bond acceptors (Lipinski definition) is 5. The van der Waals surface area contributed by atoms with E-state index in [1.54, 1.807) is 6.92 Å². The lowest BCUT2D eigenvalue weighted by molar-refractivity contribution is 0.0594. The molecule has 4 nitrogen and oxygen atoms in total. The highest BCUT2D eigenvalue weighted by molar-refractivity contribution is 7.98. The minimum atomic E-state index is -1.27. The number of aliphatic hydroxyl groups is 1. The highest BCUT2D eigenvalue weighted by atomic mass is 32.2. The lowest BCUT2D eigenvalue weighted by Gasteiger charge is -2.23. The van der Waals surface area contributed by atoms with Gasteiger partial charge in [0.25, 0.3) is 0 Å². The molecule has 1 rings (SSSR count). The molecule has 7 heteroatoms. The lowest BCUT2D eigenvalue weighted by atomic mass is 10.1. The Bertz CT molecular complexity index is 495. The first-order valence-corrected chi connectivity index (χ1v) is 7.23. The predicted molar refractivity (Wildman–Crippen MR) is 75.2 cm³/mol. The van der Waals surface area contributed by atoms with Crippen molar-refractivity contribution in [2.45, 2.75) is 12.5 Å². The molecule has 0 aliphatic rings. The predicted octanol–water partition coefficient (Wildman–Crippen LogP) is 2.28. The number of methoxy groups -OCH3 is 1. The Morgan fingerprint density at radius 3 is 2.65 bits per heavy atom. The van der Waals surface area contributed by atoms with Crippen LogP contribution in [0.25, 0.3) is 0 Å². The van der Waals surface area contributed by atoms with E-state index in [9.17, 15) is 18.7 Å². The fourth-order valence-electron chi connectivity index (χ4n) is 1.60. The van der Waals surface area contributed by atoms with Crippen LogP contribution in [0.5, 0.6) is 0 Å². The van der Waals surface area contributed by atoms with Gasteiger partial charge in [-0.25, -0.2) is 13.6 Å². The molecule has 0 aromatic heterocycles. The van der Waals surface area contributed by atoms with Gasteiger partial charge in [-0.1, -0.05) is 0 Å². The van der Waals surface area contributed by atoms with E-state index in [1.165, 1.54) is 17.8 Å². The van der Waals surface area contributed by atoms with Crippen LogP contribution in [0.3, 0.4) is 0 Å². The SMILES string of the molecule is COC(=O)c1ccc(NCC(C)(O)CSC)c(F)c1F. The van der Waals surface area contributed by atoms with Gasteiger partial charge in [0.2, 0.25) is 0 Å². The van der Waals surface area contributed by atoms with Crippen LogP contribution in [-0.2, 0) is 4.74 Å². The molecular weight excluding hydrogens is 288 g/mol. The molecule has 0 heterocycles. The summed E-state index contributed by atoms with van der Waals surface area (Å²) >= 11 is 1.44. The zero-order valence-corrected chi connectivity index (χ0v) is 12.3. The molecule has 1 atom stereocenters. The van der Waals surface area contributed by atoms with Gasteiger partial charge in [0.15, 0.2) is 11.6 Å². The summed E-state index contributed by atoms with van der Waals surface area (Å²) in [6.07, 6.45) is 1.83. The number of benzene rings is 1. The first kappa shape index (κ1) is 16.7. The van der Waals surface area contributed by atoms with Gasteiger partial charge in [0.1, 0.15) is 0 Å². The molecular formula is C13H17F2NO3S. The average Bonchev–Trinajstić information content (AvgIpc) is 2.39. The van der Waals surface area contributed by atoms with Crippen LogP contribution in [0.15, 0.2) is 12.1 Å². The van der Waals surface area contributed by atoms with E-state index >= 15 is 0 Å². The van der Waals surface area contributed by atoms with Gasteiger partial charge in [-0.3, -0.25) is 0 Å². The summed E-state index contributed by atoms with van der Waals surface area (Å²) in [4.78, 5) is 11.2. The van der Waals surface area contributed by atoms with Crippen molar-refractivity contribution in [2.75, 3.05) is 31.0 Å². The van der Waals surface area contributed by atoms with Crippen molar-refractivity contribution in [2.24, 2.45) is 0 Å². The maximum atomic E-state index is 13.8. The van der Waals surface area contributed by atoms with Gasteiger partial charge < -0.3 is 15.2 Å². The van der Waals surface area contributed by atoms with Crippen LogP contribution < -0.4 is 5.32 Å². The highest BCUT2D eigenvalue weighted by Crippen LogP contribution is 2.22. The molecule has 1 unspecified atom stereocenters. The Kier molecular flexibility index (Phi) is 5.76. The van der Waals surface area contributed by atoms with Gasteiger partial charge in [-0.15, -0.1) is 0 Å². The maximum absolute atomic E-state index is 13.8. The van der Waals surface area contributed by atoms with Gasteiger partial charge in [0, 0.05) is 12.3 Å². The number of nitrogens with one attached hydrogen (secondary N) is 1. The van der Waals surface area contributed by atoms with E-state index in [4.69, 9.17) is 0 Å². The molecule has 0 bridgehead atoms. The molecule has 0 saturated carbocycles. The standard InChI is InChI=1S/C13H17F2NO3S/c1-13(18,7-20-3)6-16-9-5-4-8(12(17)19-2)10(14)11(9)15/h4-5,16,18H,6-7H2,1-3H3. The number of rotatable bonds is 6. The highest BCUT2D eigenvalue weighted by Gasteiger charge is 2.22. The van der Waals surface area contributed by atoms with E-state index in [-0.39, 0.29) is 12.2 Å². The maximum Gasteiger partial charge on any atom is 0.340 e. The van der Waals surface area contributed by atoms with E-state index in [2.05, 4.69) is 10.1 Å². The van der Waals surface area contributed by atoms with Crippen molar-refractivity contribution in [1.82, 2.24) is 0 Å². The van der Waals surface area contributed by atoms with Crippen LogP contribution in [-0.4, -0.2) is 42.3 Å². The molecule has 0 spiro atoms. The summed E-state index contributed by atoms with van der Waals surface area (Å²) in [6.45, 7) is 1.65. The number of carbonyl (C=O) groups is 1. The fourth-order valence-corrected chi connectivity index (χ4v) is 2.33. The Hall–Kier alpha value is -1.34. The van der Waals surface area contributed by atoms with Crippen LogP contribution >= 0.6 is 11.8 Å². The zero-order chi connectivity index (χ0) is 15.3. The fraction of sp³-hybridized carbons (Fsp3) is 0.462. The third-order valence-corrected chi connectivity index (χ3v) is 3.51. The minimum absolute atomic E-state index is 0.0573. The summed E-state index contributed by atoms with van der Waals surface area (Å²) in [6, 6.07) is 2.37. The summed E-state index contributed by atoms with van der Waals surface area (Å²) in [7, 11) is 1.09. The van der Waals surface area contributed by atoms with Gasteiger partial charge in [-0.2, -0.15) is 11.8 Å². The number of anilines is 1. The first-order chi connectivity index (χ1) is 9.32. The van der Waals surface area contributed by atoms with Crippen molar-refractivity contribution in [1.29, 1.82) is 0 Å². The van der Waals surface area contributed by atoms with E-state index in [0.29, 0.717) is 5.75 Å². The van der Waals surface area contributed by atoms with Crippen molar-refractivity contribution in [3.8, 4) is 0 Å². The minimum Gasteiger partial charge on any atom is -0.465 e. The molecule has 0 aliphatic heterocycles. The lowest BCUT2D eigenvalue weighted by Crippen LogP contribution is -2.36. The number of thioether (sulfide) groups is 1. The molecule has 0 saturated heterocycles. The Labute approximate surface area is 120 Å². The van der Waals surface area contributed by atoms with E-state index in [1.807, 2.05) is 6.26 Å². The van der Waals surface area contributed by atoms with Crippen LogP contribution in [0, 0.1) is 11.6 Å². The molecule has 2 N–H and O–H groups in total. The van der Waals surface area contributed by atoms with Gasteiger partial charge >= 0.3 is 5.97 Å². The Morgan fingerprint density at radius 2 is 2.10 bits per heavy atom. The monoisotopic (exact) mass is 305 g/mol. The van der Waals surface area contributed by atoms with Gasteiger partial charge in [0.05, 0.1) is 24.0 Å². The quantitative estimate of drug-likeness (QED) is 0.790. The number of ether oxygens (including phenoxy) is 1. The topological polar surface area (TPSA) is 58.6 Å². The van der Waals surface area contributed by atoms with Crippen molar-refractivity contribution in [3.63, 3.8) is 0 Å². The van der Waals surface area contributed by atoms with E-state index in [0.717, 1.165) is 13.2 Å². The zero-order valence-electron chi connectivity index (χ0n) is 11.5. The van der Waals surface area contributed by atoms with Crippen molar-refractivity contribution in [3.05, 3.63) is 29.3 Å². The van der Waals surface area contributed by atoms with Crippen LogP contribution in [0.1, 0.15) is 17.3 Å².